The highest BCUT2D eigenvalue weighted by Crippen LogP contribution is 2.46. The van der Waals surface area contributed by atoms with Crippen LogP contribution in [-0.2, 0) is 30.5 Å². The number of unbranched alkanes of at least 4 members (excludes halogenated alkanes) is 1. The molecule has 2 unspecified atom stereocenters. The van der Waals surface area contributed by atoms with E-state index in [-0.39, 0.29) is 17.3 Å². The second-order valence-electron chi connectivity index (χ2n) is 9.61. The molecule has 0 aliphatic heterocycles. The molecule has 7 heteroatoms. The van der Waals surface area contributed by atoms with Gasteiger partial charge in [-0.25, -0.2) is 13.8 Å². The first-order chi connectivity index (χ1) is 18.2. The second kappa shape index (κ2) is 11.5. The van der Waals surface area contributed by atoms with E-state index in [0.29, 0.717) is 17.7 Å². The zero-order valence-corrected chi connectivity index (χ0v) is 22.6. The van der Waals surface area contributed by atoms with Crippen LogP contribution in [0.1, 0.15) is 42.9 Å². The van der Waals surface area contributed by atoms with Crippen LogP contribution in [0.25, 0.3) is 0 Å². The Morgan fingerprint density at radius 1 is 0.921 bits per heavy atom. The van der Waals surface area contributed by atoms with Crippen LogP contribution in [0.15, 0.2) is 114 Å². The molecule has 0 spiro atoms. The Balaban J connectivity index is 1.77. The molecule has 1 aliphatic carbocycles. The fourth-order valence-electron chi connectivity index (χ4n) is 4.84. The zero-order chi connectivity index (χ0) is 27.2. The van der Waals surface area contributed by atoms with Gasteiger partial charge in [0.1, 0.15) is 5.41 Å². The first-order valence-electron chi connectivity index (χ1n) is 12.8. The fourth-order valence-corrected chi connectivity index (χ4v) is 6.01. The molecule has 0 heterocycles. The highest BCUT2D eigenvalue weighted by molar-refractivity contribution is 7.89. The molecule has 0 saturated heterocycles. The summed E-state index contributed by atoms with van der Waals surface area (Å²) >= 11 is 0. The number of rotatable bonds is 10. The topological polar surface area (TPSA) is 84.5 Å². The van der Waals surface area contributed by atoms with E-state index in [0.717, 1.165) is 24.0 Å². The number of nitrogens with one attached hydrogen (secondary N) is 2. The van der Waals surface area contributed by atoms with Gasteiger partial charge in [-0.3, -0.25) is 4.79 Å². The second-order valence-corrected chi connectivity index (χ2v) is 11.3. The lowest BCUT2D eigenvalue weighted by Crippen LogP contribution is -2.55. The largest absolute Gasteiger partial charge is 0.465 e. The molecule has 3 aromatic rings. The van der Waals surface area contributed by atoms with Crippen molar-refractivity contribution in [2.45, 2.75) is 49.0 Å². The molecule has 2 atom stereocenters. The molecule has 0 aromatic heterocycles. The quantitative estimate of drug-likeness (QED) is 0.157. The monoisotopic (exact) mass is 530 g/mol. The molecular weight excluding hydrogens is 496 g/mol. The van der Waals surface area contributed by atoms with Crippen LogP contribution in [-0.4, -0.2) is 21.0 Å². The van der Waals surface area contributed by atoms with E-state index in [1.54, 1.807) is 37.3 Å². The van der Waals surface area contributed by atoms with Gasteiger partial charge in [0.15, 0.2) is 0 Å². The molecule has 0 saturated carbocycles. The highest BCUT2D eigenvalue weighted by atomic mass is 32.2. The van der Waals surface area contributed by atoms with Gasteiger partial charge in [-0.15, -0.1) is 4.83 Å². The molecule has 38 heavy (non-hydrogen) atoms. The third-order valence-corrected chi connectivity index (χ3v) is 8.44. The van der Waals surface area contributed by atoms with Crippen LogP contribution < -0.4 is 10.3 Å². The lowest BCUT2D eigenvalue weighted by Gasteiger charge is -2.43. The van der Waals surface area contributed by atoms with Crippen molar-refractivity contribution in [3.63, 3.8) is 0 Å². The lowest BCUT2D eigenvalue weighted by molar-refractivity contribution is -0.147. The average Bonchev–Trinajstić information content (AvgIpc) is 2.93. The molecule has 0 radical (unpaired) electrons. The standard InChI is InChI=1S/C31H34N2O4S/c1-4-5-22-37-29(34)31(27-17-10-7-11-18-27)21-20-30(23-25(31)3,26-15-8-6-9-16-26)32-33-38(35,36)28-19-13-12-14-24(28)2/h6-21,32-33H,3-5,22-23H2,1-2H3. The van der Waals surface area contributed by atoms with E-state index in [4.69, 9.17) is 4.74 Å². The Morgan fingerprint density at radius 3 is 2.13 bits per heavy atom. The number of carbonyl (C=O) groups is 1. The van der Waals surface area contributed by atoms with Gasteiger partial charge in [-0.1, -0.05) is 111 Å². The molecule has 1 aliphatic rings. The van der Waals surface area contributed by atoms with E-state index in [1.807, 2.05) is 73.7 Å². The summed E-state index contributed by atoms with van der Waals surface area (Å²) in [6.07, 6.45) is 5.57. The maximum Gasteiger partial charge on any atom is 0.324 e. The third-order valence-electron chi connectivity index (χ3n) is 7.03. The smallest absolute Gasteiger partial charge is 0.324 e. The van der Waals surface area contributed by atoms with Gasteiger partial charge < -0.3 is 4.74 Å². The van der Waals surface area contributed by atoms with Crippen molar-refractivity contribution in [2.75, 3.05) is 6.61 Å². The van der Waals surface area contributed by atoms with Crippen LogP contribution >= 0.6 is 0 Å². The van der Waals surface area contributed by atoms with Gasteiger partial charge in [0.05, 0.1) is 17.0 Å². The Bertz CT molecular complexity index is 1420. The van der Waals surface area contributed by atoms with Crippen LogP contribution in [0.5, 0.6) is 0 Å². The van der Waals surface area contributed by atoms with Crippen molar-refractivity contribution >= 4 is 16.0 Å². The van der Waals surface area contributed by atoms with E-state index in [2.05, 4.69) is 16.8 Å². The zero-order valence-electron chi connectivity index (χ0n) is 21.8. The summed E-state index contributed by atoms with van der Waals surface area (Å²) in [6, 6.07) is 25.8. The summed E-state index contributed by atoms with van der Waals surface area (Å²) < 4.78 is 32.2. The number of benzene rings is 3. The molecule has 0 amide bonds. The van der Waals surface area contributed by atoms with Crippen LogP contribution in [0.3, 0.4) is 0 Å². The normalized spacial score (nSPS) is 21.3. The highest BCUT2D eigenvalue weighted by Gasteiger charge is 2.49. The number of ether oxygens (including phenoxy) is 1. The number of esters is 1. The van der Waals surface area contributed by atoms with Gasteiger partial charge >= 0.3 is 5.97 Å². The summed E-state index contributed by atoms with van der Waals surface area (Å²) in [6.45, 7) is 8.48. The van der Waals surface area contributed by atoms with Gasteiger partial charge in [0.2, 0.25) is 0 Å². The molecule has 6 nitrogen and oxygen atoms in total. The minimum Gasteiger partial charge on any atom is -0.465 e. The summed E-state index contributed by atoms with van der Waals surface area (Å²) in [5, 5.41) is 0. The van der Waals surface area contributed by atoms with Gasteiger partial charge in [0, 0.05) is 0 Å². The molecule has 0 bridgehead atoms. The number of hydrogen-bond donors (Lipinski definition) is 2. The lowest BCUT2D eigenvalue weighted by atomic mass is 9.65. The minimum absolute atomic E-state index is 0.187. The predicted octanol–water partition coefficient (Wildman–Crippen LogP) is 5.47. The summed E-state index contributed by atoms with van der Waals surface area (Å²) in [5.41, 5.74) is 3.72. The number of carbonyl (C=O) groups excluding carboxylic acids is 1. The third kappa shape index (κ3) is 5.36. The van der Waals surface area contributed by atoms with Gasteiger partial charge in [-0.05, 0) is 48.1 Å². The Labute approximate surface area is 225 Å². The van der Waals surface area contributed by atoms with Crippen LogP contribution in [0.2, 0.25) is 0 Å². The van der Waals surface area contributed by atoms with Crippen molar-refractivity contribution < 1.29 is 17.9 Å². The van der Waals surface area contributed by atoms with Crippen molar-refractivity contribution in [1.82, 2.24) is 10.3 Å². The van der Waals surface area contributed by atoms with Crippen LogP contribution in [0.4, 0.5) is 0 Å². The Hall–Kier alpha value is -3.52. The molecule has 4 rings (SSSR count). The van der Waals surface area contributed by atoms with Crippen molar-refractivity contribution in [1.29, 1.82) is 0 Å². The first kappa shape index (κ1) is 27.5. The summed E-state index contributed by atoms with van der Waals surface area (Å²) in [4.78, 5) is 16.4. The van der Waals surface area contributed by atoms with E-state index < -0.39 is 21.0 Å². The molecule has 3 aromatic carbocycles. The average molecular weight is 531 g/mol. The maximum absolute atomic E-state index is 13.6. The van der Waals surface area contributed by atoms with E-state index >= 15 is 0 Å². The Kier molecular flexibility index (Phi) is 8.31. The predicted molar refractivity (Wildman–Crippen MR) is 150 cm³/mol. The van der Waals surface area contributed by atoms with Crippen LogP contribution in [0, 0.1) is 6.92 Å². The van der Waals surface area contributed by atoms with Gasteiger partial charge in [-0.2, -0.15) is 0 Å². The molecule has 198 valence electrons. The summed E-state index contributed by atoms with van der Waals surface area (Å²) in [5.74, 6) is -0.388. The first-order valence-corrected chi connectivity index (χ1v) is 14.2. The molecule has 0 fully saturated rings. The maximum atomic E-state index is 13.6. The Morgan fingerprint density at radius 2 is 1.53 bits per heavy atom. The number of hydrogen-bond acceptors (Lipinski definition) is 5. The van der Waals surface area contributed by atoms with E-state index in [1.165, 1.54) is 0 Å². The summed E-state index contributed by atoms with van der Waals surface area (Å²) in [7, 11) is -3.88. The minimum atomic E-state index is -3.88. The number of sulfonamides is 1. The fraction of sp³-hybridized carbons (Fsp3) is 0.258. The molecular formula is C31H34N2O4S. The van der Waals surface area contributed by atoms with E-state index in [9.17, 15) is 13.2 Å². The molecule has 2 N–H and O–H groups in total. The number of hydrazine groups is 1. The SMILES string of the molecule is C=C1CC(NNS(=O)(=O)c2ccccc2C)(c2ccccc2)C=CC1(C(=O)OCCCC)c1ccccc1. The van der Waals surface area contributed by atoms with Crippen molar-refractivity contribution in [2.24, 2.45) is 0 Å². The van der Waals surface area contributed by atoms with Crippen molar-refractivity contribution in [3.05, 3.63) is 126 Å². The van der Waals surface area contributed by atoms with Gasteiger partial charge in [0.25, 0.3) is 10.0 Å². The van der Waals surface area contributed by atoms with Crippen molar-refractivity contribution in [3.8, 4) is 0 Å². The number of aryl methyl sites for hydroxylation is 1.